The molecular weight excluding hydrogens is 302 g/mol. The molecule has 1 rings (SSSR count). The lowest BCUT2D eigenvalue weighted by molar-refractivity contribution is 0.302. The third-order valence-corrected chi connectivity index (χ3v) is 3.18. The predicted octanol–water partition coefficient (Wildman–Crippen LogP) is 4.93. The summed E-state index contributed by atoms with van der Waals surface area (Å²) in [6.07, 6.45) is 4.59. The van der Waals surface area contributed by atoms with Crippen molar-refractivity contribution in [2.75, 3.05) is 6.61 Å². The van der Waals surface area contributed by atoms with E-state index in [1.807, 2.05) is 0 Å². The Kier molecular flexibility index (Phi) is 6.39. The Bertz CT molecular complexity index is 415. The molecule has 0 amide bonds. The van der Waals surface area contributed by atoms with Crippen molar-refractivity contribution in [1.29, 1.82) is 5.26 Å². The Morgan fingerprint density at radius 1 is 1.35 bits per heavy atom. The van der Waals surface area contributed by atoms with E-state index in [0.717, 1.165) is 17.3 Å². The van der Waals surface area contributed by atoms with Crippen LogP contribution in [0.1, 0.15) is 38.2 Å². The summed E-state index contributed by atoms with van der Waals surface area (Å²) in [5.74, 6) is 0.591. The van der Waals surface area contributed by atoms with Crippen molar-refractivity contribution in [1.82, 2.24) is 0 Å². The van der Waals surface area contributed by atoms with Crippen molar-refractivity contribution in [3.05, 3.63) is 27.2 Å². The second-order valence-electron chi connectivity index (χ2n) is 3.79. The number of nitrogens with zero attached hydrogens (tertiary/aromatic N) is 1. The topological polar surface area (TPSA) is 33.0 Å². The maximum atomic E-state index is 9.00. The van der Waals surface area contributed by atoms with E-state index in [9.17, 15) is 0 Å². The summed E-state index contributed by atoms with van der Waals surface area (Å²) in [4.78, 5) is 0. The van der Waals surface area contributed by atoms with Crippen molar-refractivity contribution in [2.24, 2.45) is 0 Å². The summed E-state index contributed by atoms with van der Waals surface area (Å²) in [6.45, 7) is 2.80. The van der Waals surface area contributed by atoms with E-state index in [1.54, 1.807) is 12.1 Å². The smallest absolute Gasteiger partial charge is 0.151 e. The number of hydrogen-bond donors (Lipinski definition) is 0. The van der Waals surface area contributed by atoms with Gasteiger partial charge >= 0.3 is 0 Å². The van der Waals surface area contributed by atoms with Crippen molar-refractivity contribution in [3.63, 3.8) is 0 Å². The number of rotatable bonds is 6. The zero-order valence-electron chi connectivity index (χ0n) is 9.80. The SMILES string of the molecule is CCCCCCOc1c(Br)cc(Cl)cc1C#N. The van der Waals surface area contributed by atoms with Crippen LogP contribution in [0.15, 0.2) is 16.6 Å². The van der Waals surface area contributed by atoms with Gasteiger partial charge in [-0.15, -0.1) is 0 Å². The Balaban J connectivity index is 2.61. The van der Waals surface area contributed by atoms with Crippen molar-refractivity contribution in [2.45, 2.75) is 32.6 Å². The molecule has 4 heteroatoms. The van der Waals surface area contributed by atoms with Gasteiger partial charge in [0.15, 0.2) is 5.75 Å². The van der Waals surface area contributed by atoms with Crippen LogP contribution in [0, 0.1) is 11.3 Å². The quantitative estimate of drug-likeness (QED) is 0.697. The maximum absolute atomic E-state index is 9.00. The van der Waals surface area contributed by atoms with E-state index in [1.165, 1.54) is 12.8 Å². The molecule has 0 unspecified atom stereocenters. The molecule has 0 bridgehead atoms. The van der Waals surface area contributed by atoms with Crippen molar-refractivity contribution in [3.8, 4) is 11.8 Å². The van der Waals surface area contributed by atoms with E-state index < -0.39 is 0 Å². The van der Waals surface area contributed by atoms with E-state index in [4.69, 9.17) is 21.6 Å². The van der Waals surface area contributed by atoms with Gasteiger partial charge in [-0.25, -0.2) is 0 Å². The number of benzene rings is 1. The van der Waals surface area contributed by atoms with E-state index in [-0.39, 0.29) is 0 Å². The van der Waals surface area contributed by atoms with Crippen LogP contribution in [-0.2, 0) is 0 Å². The zero-order valence-corrected chi connectivity index (χ0v) is 12.1. The van der Waals surface area contributed by atoms with Gasteiger partial charge in [-0.05, 0) is 34.5 Å². The molecule has 1 aromatic rings. The second-order valence-corrected chi connectivity index (χ2v) is 5.08. The van der Waals surface area contributed by atoms with E-state index in [0.29, 0.717) is 22.9 Å². The van der Waals surface area contributed by atoms with Gasteiger partial charge < -0.3 is 4.74 Å². The molecule has 0 aromatic heterocycles. The average Bonchev–Trinajstić information content (AvgIpc) is 2.30. The third kappa shape index (κ3) is 4.57. The van der Waals surface area contributed by atoms with Crippen molar-refractivity contribution < 1.29 is 4.74 Å². The molecule has 0 heterocycles. The summed E-state index contributed by atoms with van der Waals surface area (Å²) >= 11 is 9.23. The third-order valence-electron chi connectivity index (χ3n) is 2.37. The highest BCUT2D eigenvalue weighted by Crippen LogP contribution is 2.32. The molecule has 0 atom stereocenters. The van der Waals surface area contributed by atoms with Gasteiger partial charge in [0.25, 0.3) is 0 Å². The van der Waals surface area contributed by atoms with Gasteiger partial charge in [-0.3, -0.25) is 0 Å². The molecule has 0 spiro atoms. The minimum Gasteiger partial charge on any atom is -0.491 e. The number of ether oxygens (including phenoxy) is 1. The fourth-order valence-corrected chi connectivity index (χ4v) is 2.42. The molecule has 0 aliphatic rings. The molecule has 0 aliphatic heterocycles. The molecule has 1 aromatic carbocycles. The summed E-state index contributed by atoms with van der Waals surface area (Å²) in [5.41, 5.74) is 0.472. The summed E-state index contributed by atoms with van der Waals surface area (Å²) in [7, 11) is 0. The zero-order chi connectivity index (χ0) is 12.7. The summed E-state index contributed by atoms with van der Waals surface area (Å²) in [5, 5.41) is 9.53. The molecule has 0 fully saturated rings. The normalized spacial score (nSPS) is 10.0. The minimum absolute atomic E-state index is 0.472. The number of nitriles is 1. The Hall–Kier alpha value is -0.720. The molecule has 0 aliphatic carbocycles. The first-order valence-electron chi connectivity index (χ1n) is 5.71. The van der Waals surface area contributed by atoms with Crippen LogP contribution in [-0.4, -0.2) is 6.61 Å². The fourth-order valence-electron chi connectivity index (χ4n) is 1.49. The van der Waals surface area contributed by atoms with Gasteiger partial charge in [0.05, 0.1) is 16.6 Å². The van der Waals surface area contributed by atoms with Crippen LogP contribution < -0.4 is 4.74 Å². The first-order valence-corrected chi connectivity index (χ1v) is 6.88. The van der Waals surface area contributed by atoms with Gasteiger partial charge in [0.2, 0.25) is 0 Å². The molecule has 17 heavy (non-hydrogen) atoms. The lowest BCUT2D eigenvalue weighted by atomic mass is 10.2. The molecule has 0 saturated carbocycles. The second kappa shape index (κ2) is 7.58. The highest BCUT2D eigenvalue weighted by Gasteiger charge is 2.09. The maximum Gasteiger partial charge on any atom is 0.151 e. The van der Waals surface area contributed by atoms with Crippen LogP contribution in [0.2, 0.25) is 5.02 Å². The van der Waals surface area contributed by atoms with Crippen molar-refractivity contribution >= 4 is 27.5 Å². The van der Waals surface area contributed by atoms with E-state index >= 15 is 0 Å². The predicted molar refractivity (Wildman–Crippen MR) is 73.5 cm³/mol. The highest BCUT2D eigenvalue weighted by molar-refractivity contribution is 9.10. The van der Waals surface area contributed by atoms with E-state index in [2.05, 4.69) is 28.9 Å². The average molecular weight is 317 g/mol. The lowest BCUT2D eigenvalue weighted by Gasteiger charge is -2.10. The van der Waals surface area contributed by atoms with Crippen LogP contribution in [0.4, 0.5) is 0 Å². The lowest BCUT2D eigenvalue weighted by Crippen LogP contribution is -2.00. The fraction of sp³-hybridized carbons (Fsp3) is 0.462. The van der Waals surface area contributed by atoms with Crippen LogP contribution in [0.5, 0.6) is 5.75 Å². The standard InChI is InChI=1S/C13H15BrClNO/c1-2-3-4-5-6-17-13-10(9-16)7-11(15)8-12(13)14/h7-8H,2-6H2,1H3. The number of unbranched alkanes of at least 4 members (excludes halogenated alkanes) is 3. The first-order chi connectivity index (χ1) is 8.19. The van der Waals surface area contributed by atoms with Crippen LogP contribution in [0.25, 0.3) is 0 Å². The summed E-state index contributed by atoms with van der Waals surface area (Å²) < 4.78 is 6.37. The van der Waals surface area contributed by atoms with Crippen LogP contribution in [0.3, 0.4) is 0 Å². The number of hydrogen-bond acceptors (Lipinski definition) is 2. The van der Waals surface area contributed by atoms with Gasteiger partial charge in [0, 0.05) is 5.02 Å². The Morgan fingerprint density at radius 3 is 2.76 bits per heavy atom. The molecule has 2 nitrogen and oxygen atoms in total. The monoisotopic (exact) mass is 315 g/mol. The largest absolute Gasteiger partial charge is 0.491 e. The first kappa shape index (κ1) is 14.3. The number of halogens is 2. The van der Waals surface area contributed by atoms with Gasteiger partial charge in [-0.2, -0.15) is 5.26 Å². The van der Waals surface area contributed by atoms with Gasteiger partial charge in [-0.1, -0.05) is 37.8 Å². The molecule has 0 saturated heterocycles. The minimum atomic E-state index is 0.472. The molecular formula is C13H15BrClNO. The molecule has 0 radical (unpaired) electrons. The highest BCUT2D eigenvalue weighted by atomic mass is 79.9. The van der Waals surface area contributed by atoms with Crippen LogP contribution >= 0.6 is 27.5 Å². The molecule has 0 N–H and O–H groups in total. The summed E-state index contributed by atoms with van der Waals surface area (Å²) in [6, 6.07) is 5.45. The Labute approximate surface area is 116 Å². The Morgan fingerprint density at radius 2 is 2.12 bits per heavy atom. The van der Waals surface area contributed by atoms with Gasteiger partial charge in [0.1, 0.15) is 6.07 Å². The molecule has 92 valence electrons.